The molecule has 0 aromatic carbocycles. The number of hydrogen-bond acceptors (Lipinski definition) is 5. The molecule has 0 amide bonds. The lowest BCUT2D eigenvalue weighted by Gasteiger charge is -2.17. The molecule has 0 bridgehead atoms. The summed E-state index contributed by atoms with van der Waals surface area (Å²) in [5.41, 5.74) is -0.463. The highest BCUT2D eigenvalue weighted by atomic mass is 32.2. The van der Waals surface area contributed by atoms with Gasteiger partial charge in [-0.1, -0.05) is 13.3 Å². The molecule has 1 aliphatic rings. The maximum atomic E-state index is 12.1. The highest BCUT2D eigenvalue weighted by Crippen LogP contribution is 2.20. The van der Waals surface area contributed by atoms with Crippen molar-refractivity contribution in [3.8, 4) is 5.75 Å². The van der Waals surface area contributed by atoms with Crippen LogP contribution in [-0.4, -0.2) is 37.7 Å². The van der Waals surface area contributed by atoms with Gasteiger partial charge in [0.25, 0.3) is 0 Å². The van der Waals surface area contributed by atoms with Crippen molar-refractivity contribution in [3.05, 3.63) is 28.3 Å². The molecule has 1 aromatic rings. The van der Waals surface area contributed by atoms with Crippen LogP contribution in [0, 0.1) is 6.92 Å². The van der Waals surface area contributed by atoms with Gasteiger partial charge in [0.15, 0.2) is 0 Å². The molecule has 118 valence electrons. The first-order valence-corrected chi connectivity index (χ1v) is 8.78. The fraction of sp³-hybridized carbons (Fsp3) is 0.643. The van der Waals surface area contributed by atoms with E-state index in [9.17, 15) is 13.2 Å². The Hall–Kier alpha value is -1.34. The van der Waals surface area contributed by atoms with E-state index in [2.05, 4.69) is 0 Å². The normalized spacial score (nSPS) is 19.8. The Bertz CT molecular complexity index is 637. The van der Waals surface area contributed by atoms with Crippen LogP contribution in [0.5, 0.6) is 5.75 Å². The third-order valence-electron chi connectivity index (χ3n) is 3.43. The van der Waals surface area contributed by atoms with E-state index in [0.29, 0.717) is 37.4 Å². The van der Waals surface area contributed by atoms with Gasteiger partial charge in [-0.05, 0) is 19.8 Å². The predicted molar refractivity (Wildman–Crippen MR) is 79.0 cm³/mol. The van der Waals surface area contributed by atoms with Gasteiger partial charge in [-0.3, -0.25) is 0 Å². The van der Waals surface area contributed by atoms with Gasteiger partial charge < -0.3 is 9.15 Å². The number of aryl methyl sites for hydroxylation is 1. The summed E-state index contributed by atoms with van der Waals surface area (Å²) < 4.78 is 36.2. The number of ether oxygens (including phenoxy) is 1. The molecule has 1 saturated heterocycles. The van der Waals surface area contributed by atoms with Crippen molar-refractivity contribution in [2.45, 2.75) is 39.2 Å². The number of sulfonamides is 1. The SMILES string of the molecule is CCCCS(=O)(=O)N1CCC(Oc2cc(C)oc(=O)c2)C1. The molecular weight excluding hydrogens is 294 g/mol. The average molecular weight is 315 g/mol. The second-order valence-corrected chi connectivity index (χ2v) is 7.37. The van der Waals surface area contributed by atoms with E-state index in [1.165, 1.54) is 10.4 Å². The van der Waals surface area contributed by atoms with Crippen molar-refractivity contribution in [1.82, 2.24) is 4.31 Å². The van der Waals surface area contributed by atoms with Gasteiger partial charge >= 0.3 is 5.63 Å². The van der Waals surface area contributed by atoms with Gasteiger partial charge in [-0.2, -0.15) is 4.31 Å². The lowest BCUT2D eigenvalue weighted by atomic mass is 10.3. The van der Waals surface area contributed by atoms with Crippen LogP contribution in [0.4, 0.5) is 0 Å². The molecule has 21 heavy (non-hydrogen) atoms. The van der Waals surface area contributed by atoms with E-state index >= 15 is 0 Å². The summed E-state index contributed by atoms with van der Waals surface area (Å²) >= 11 is 0. The first-order valence-electron chi connectivity index (χ1n) is 7.17. The Balaban J connectivity index is 1.98. The fourth-order valence-corrected chi connectivity index (χ4v) is 4.03. The molecule has 0 saturated carbocycles. The van der Waals surface area contributed by atoms with Gasteiger partial charge in [-0.25, -0.2) is 13.2 Å². The number of nitrogens with zero attached hydrogens (tertiary/aromatic N) is 1. The Labute approximate surface area is 124 Å². The molecular formula is C14H21NO5S. The van der Waals surface area contributed by atoms with Crippen LogP contribution >= 0.6 is 0 Å². The minimum absolute atomic E-state index is 0.185. The lowest BCUT2D eigenvalue weighted by Crippen LogP contribution is -2.32. The standard InChI is InChI=1S/C14H21NO5S/c1-3-4-7-21(17,18)15-6-5-12(10-15)20-13-8-11(2)19-14(16)9-13/h8-9,12H,3-7,10H2,1-2H3. The van der Waals surface area contributed by atoms with Crippen LogP contribution < -0.4 is 10.4 Å². The van der Waals surface area contributed by atoms with Crippen molar-refractivity contribution in [2.24, 2.45) is 0 Å². The Morgan fingerprint density at radius 3 is 2.86 bits per heavy atom. The topological polar surface area (TPSA) is 76.8 Å². The van der Waals surface area contributed by atoms with Crippen molar-refractivity contribution in [1.29, 1.82) is 0 Å². The second-order valence-electron chi connectivity index (χ2n) is 5.28. The average Bonchev–Trinajstić information content (AvgIpc) is 2.84. The molecule has 1 fully saturated rings. The first kappa shape index (κ1) is 16.0. The van der Waals surface area contributed by atoms with E-state index < -0.39 is 15.6 Å². The fourth-order valence-electron chi connectivity index (χ4n) is 2.34. The highest BCUT2D eigenvalue weighted by molar-refractivity contribution is 7.89. The summed E-state index contributed by atoms with van der Waals surface area (Å²) in [6.07, 6.45) is 1.93. The number of unbranched alkanes of at least 4 members (excludes halogenated alkanes) is 1. The van der Waals surface area contributed by atoms with Gasteiger partial charge in [0.1, 0.15) is 17.6 Å². The molecule has 1 unspecified atom stereocenters. The first-order chi connectivity index (χ1) is 9.90. The summed E-state index contributed by atoms with van der Waals surface area (Å²) in [7, 11) is -3.19. The number of rotatable bonds is 6. The van der Waals surface area contributed by atoms with Crippen LogP contribution in [-0.2, 0) is 10.0 Å². The van der Waals surface area contributed by atoms with E-state index in [-0.39, 0.29) is 11.9 Å². The van der Waals surface area contributed by atoms with Crippen molar-refractivity contribution in [3.63, 3.8) is 0 Å². The molecule has 0 spiro atoms. The van der Waals surface area contributed by atoms with Gasteiger partial charge in [0.05, 0.1) is 18.4 Å². The zero-order chi connectivity index (χ0) is 15.5. The van der Waals surface area contributed by atoms with Crippen LogP contribution in [0.2, 0.25) is 0 Å². The van der Waals surface area contributed by atoms with E-state index in [1.807, 2.05) is 6.92 Å². The van der Waals surface area contributed by atoms with Gasteiger partial charge in [0.2, 0.25) is 10.0 Å². The molecule has 7 heteroatoms. The van der Waals surface area contributed by atoms with Crippen molar-refractivity contribution < 1.29 is 17.6 Å². The van der Waals surface area contributed by atoms with Crippen molar-refractivity contribution in [2.75, 3.05) is 18.8 Å². The molecule has 1 aliphatic heterocycles. The van der Waals surface area contributed by atoms with Gasteiger partial charge in [0, 0.05) is 12.6 Å². The molecule has 0 radical (unpaired) electrons. The van der Waals surface area contributed by atoms with E-state index in [0.717, 1.165) is 6.42 Å². The van der Waals surface area contributed by atoms with E-state index in [1.54, 1.807) is 13.0 Å². The van der Waals surface area contributed by atoms with Crippen LogP contribution in [0.15, 0.2) is 21.3 Å². The Morgan fingerprint density at radius 2 is 2.19 bits per heavy atom. The summed E-state index contributed by atoms with van der Waals surface area (Å²) in [5, 5.41) is 0. The molecule has 1 aromatic heterocycles. The zero-order valence-electron chi connectivity index (χ0n) is 12.4. The molecule has 2 rings (SSSR count). The summed E-state index contributed by atoms with van der Waals surface area (Å²) in [6.45, 7) is 4.45. The Kier molecular flexibility index (Phi) is 5.05. The van der Waals surface area contributed by atoms with Gasteiger partial charge in [-0.15, -0.1) is 0 Å². The minimum Gasteiger partial charge on any atom is -0.489 e. The molecule has 2 heterocycles. The lowest BCUT2D eigenvalue weighted by molar-refractivity contribution is 0.213. The summed E-state index contributed by atoms with van der Waals surface area (Å²) in [5.74, 6) is 1.09. The molecule has 0 N–H and O–H groups in total. The molecule has 1 atom stereocenters. The highest BCUT2D eigenvalue weighted by Gasteiger charge is 2.32. The third kappa shape index (κ3) is 4.31. The zero-order valence-corrected chi connectivity index (χ0v) is 13.2. The third-order valence-corrected chi connectivity index (χ3v) is 5.35. The maximum absolute atomic E-state index is 12.1. The molecule has 6 nitrogen and oxygen atoms in total. The number of hydrogen-bond donors (Lipinski definition) is 0. The molecule has 0 aliphatic carbocycles. The minimum atomic E-state index is -3.19. The van der Waals surface area contributed by atoms with Crippen LogP contribution in [0.25, 0.3) is 0 Å². The second kappa shape index (κ2) is 6.62. The predicted octanol–water partition coefficient (Wildman–Crippen LogP) is 1.53. The monoisotopic (exact) mass is 315 g/mol. The van der Waals surface area contributed by atoms with E-state index in [4.69, 9.17) is 9.15 Å². The van der Waals surface area contributed by atoms with Crippen LogP contribution in [0.3, 0.4) is 0 Å². The smallest absolute Gasteiger partial charge is 0.339 e. The summed E-state index contributed by atoms with van der Waals surface area (Å²) in [6, 6.07) is 2.91. The van der Waals surface area contributed by atoms with Crippen molar-refractivity contribution >= 4 is 10.0 Å². The van der Waals surface area contributed by atoms with Crippen LogP contribution in [0.1, 0.15) is 31.9 Å². The summed E-state index contributed by atoms with van der Waals surface area (Å²) in [4.78, 5) is 11.3. The Morgan fingerprint density at radius 1 is 1.43 bits per heavy atom. The maximum Gasteiger partial charge on any atom is 0.339 e. The quantitative estimate of drug-likeness (QED) is 0.795. The largest absolute Gasteiger partial charge is 0.489 e.